The van der Waals surface area contributed by atoms with Crippen molar-refractivity contribution in [3.8, 4) is 11.4 Å². The number of hydrogen-bond donors (Lipinski definition) is 1. The number of methoxy groups -OCH3 is 1. The van der Waals surface area contributed by atoms with Crippen LogP contribution in [0, 0.1) is 0 Å². The molecule has 4 aromatic rings. The first-order chi connectivity index (χ1) is 15.1. The average molecular weight is 457 g/mol. The number of amides is 1. The largest absolute Gasteiger partial charge is 0.497 e. The molecule has 1 amide bonds. The monoisotopic (exact) mass is 456 g/mol. The van der Waals surface area contributed by atoms with Crippen LogP contribution in [0.25, 0.3) is 5.69 Å². The minimum absolute atomic E-state index is 0.117. The molecule has 0 saturated carbocycles. The molecule has 10 nitrogen and oxygen atoms in total. The fourth-order valence-corrected chi connectivity index (χ4v) is 3.61. The molecule has 0 atom stereocenters. The molecule has 0 aliphatic carbocycles. The average Bonchev–Trinajstić information content (AvgIpc) is 3.45. The summed E-state index contributed by atoms with van der Waals surface area (Å²) in [7, 11) is 1.62. The minimum Gasteiger partial charge on any atom is -0.497 e. The molecule has 0 spiro atoms. The van der Waals surface area contributed by atoms with E-state index in [4.69, 9.17) is 16.3 Å². The Morgan fingerprint density at radius 1 is 1.23 bits per heavy atom. The van der Waals surface area contributed by atoms with Gasteiger partial charge in [0.05, 0.1) is 30.8 Å². The van der Waals surface area contributed by atoms with E-state index in [-0.39, 0.29) is 11.7 Å². The third kappa shape index (κ3) is 5.19. The molecule has 0 aliphatic rings. The van der Waals surface area contributed by atoms with Gasteiger partial charge in [-0.25, -0.2) is 14.3 Å². The van der Waals surface area contributed by atoms with Gasteiger partial charge >= 0.3 is 0 Å². The summed E-state index contributed by atoms with van der Waals surface area (Å²) in [5, 5.41) is 19.7. The second-order valence-electron chi connectivity index (χ2n) is 6.31. The summed E-state index contributed by atoms with van der Waals surface area (Å²) in [5.41, 5.74) is 2.20. The highest BCUT2D eigenvalue weighted by Crippen LogP contribution is 2.25. The van der Waals surface area contributed by atoms with E-state index in [2.05, 4.69) is 30.9 Å². The summed E-state index contributed by atoms with van der Waals surface area (Å²) >= 11 is 7.34. The first kappa shape index (κ1) is 20.8. The molecule has 0 unspecified atom stereocenters. The van der Waals surface area contributed by atoms with Crippen LogP contribution in [-0.2, 0) is 11.3 Å². The standard InChI is InChI=1S/C19H17ClN8O2S/c1-30-15-5-2-13(3-6-15)9-27-19(24-25-26-27)31-10-18(29)23-16-8-14(20)4-7-17(16)28-12-21-11-22-28/h2-8,11-12H,9-10H2,1H3,(H,23,29). The van der Waals surface area contributed by atoms with Gasteiger partial charge < -0.3 is 10.1 Å². The Bertz CT molecular complexity index is 1160. The van der Waals surface area contributed by atoms with Crippen LogP contribution in [0.1, 0.15) is 5.56 Å². The van der Waals surface area contributed by atoms with E-state index in [0.29, 0.717) is 28.1 Å². The smallest absolute Gasteiger partial charge is 0.234 e. The van der Waals surface area contributed by atoms with Crippen LogP contribution in [0.5, 0.6) is 5.75 Å². The van der Waals surface area contributed by atoms with Crippen molar-refractivity contribution in [2.45, 2.75) is 11.7 Å². The number of nitrogens with one attached hydrogen (secondary N) is 1. The predicted octanol–water partition coefficient (Wildman–Crippen LogP) is 2.69. The SMILES string of the molecule is COc1ccc(Cn2nnnc2SCC(=O)Nc2cc(Cl)ccc2-n2cncn2)cc1. The molecule has 31 heavy (non-hydrogen) atoms. The van der Waals surface area contributed by atoms with Crippen molar-refractivity contribution in [1.29, 1.82) is 0 Å². The van der Waals surface area contributed by atoms with Crippen LogP contribution in [0.3, 0.4) is 0 Å². The van der Waals surface area contributed by atoms with E-state index < -0.39 is 0 Å². The summed E-state index contributed by atoms with van der Waals surface area (Å²) in [6, 6.07) is 12.8. The maximum Gasteiger partial charge on any atom is 0.234 e. The number of rotatable bonds is 8. The van der Waals surface area contributed by atoms with Crippen molar-refractivity contribution in [2.24, 2.45) is 0 Å². The first-order valence-electron chi connectivity index (χ1n) is 9.08. The van der Waals surface area contributed by atoms with Crippen LogP contribution in [0.2, 0.25) is 5.02 Å². The van der Waals surface area contributed by atoms with Gasteiger partial charge in [0, 0.05) is 5.02 Å². The number of benzene rings is 2. The zero-order valence-corrected chi connectivity index (χ0v) is 17.9. The van der Waals surface area contributed by atoms with E-state index in [1.54, 1.807) is 41.0 Å². The Kier molecular flexibility index (Phi) is 6.43. The summed E-state index contributed by atoms with van der Waals surface area (Å²) < 4.78 is 8.36. The third-order valence-corrected chi connectivity index (χ3v) is 5.41. The Balaban J connectivity index is 1.40. The number of thioether (sulfide) groups is 1. The quantitative estimate of drug-likeness (QED) is 0.403. The zero-order chi connectivity index (χ0) is 21.6. The second-order valence-corrected chi connectivity index (χ2v) is 7.68. The predicted molar refractivity (Wildman–Crippen MR) is 116 cm³/mol. The topological polar surface area (TPSA) is 113 Å². The molecule has 0 aliphatic heterocycles. The van der Waals surface area contributed by atoms with Crippen molar-refractivity contribution in [3.63, 3.8) is 0 Å². The van der Waals surface area contributed by atoms with Gasteiger partial charge in [-0.2, -0.15) is 5.10 Å². The molecule has 0 saturated heterocycles. The number of carbonyl (C=O) groups is 1. The molecule has 2 aromatic carbocycles. The summed E-state index contributed by atoms with van der Waals surface area (Å²) in [5.74, 6) is 0.664. The maximum absolute atomic E-state index is 12.6. The van der Waals surface area contributed by atoms with Gasteiger partial charge in [-0.15, -0.1) is 5.10 Å². The van der Waals surface area contributed by atoms with Gasteiger partial charge in [0.15, 0.2) is 0 Å². The van der Waals surface area contributed by atoms with Crippen LogP contribution in [0.4, 0.5) is 5.69 Å². The molecule has 1 N–H and O–H groups in total. The fourth-order valence-electron chi connectivity index (χ4n) is 2.76. The summed E-state index contributed by atoms with van der Waals surface area (Å²) in [6.07, 6.45) is 2.96. The van der Waals surface area contributed by atoms with Gasteiger partial charge in [0.25, 0.3) is 0 Å². The molecule has 4 rings (SSSR count). The molecule has 0 radical (unpaired) electrons. The van der Waals surface area contributed by atoms with Crippen molar-refractivity contribution in [3.05, 3.63) is 65.7 Å². The molecule has 0 fully saturated rings. The van der Waals surface area contributed by atoms with E-state index in [0.717, 1.165) is 11.3 Å². The highest BCUT2D eigenvalue weighted by Gasteiger charge is 2.13. The van der Waals surface area contributed by atoms with Gasteiger partial charge in [-0.05, 0) is 46.3 Å². The van der Waals surface area contributed by atoms with Gasteiger partial charge in [-0.3, -0.25) is 4.79 Å². The first-order valence-corrected chi connectivity index (χ1v) is 10.4. The number of ether oxygens (including phenoxy) is 1. The lowest BCUT2D eigenvalue weighted by Gasteiger charge is -2.11. The van der Waals surface area contributed by atoms with Crippen LogP contribution < -0.4 is 10.1 Å². The van der Waals surface area contributed by atoms with E-state index in [1.807, 2.05) is 24.3 Å². The Morgan fingerprint density at radius 3 is 2.81 bits per heavy atom. The highest BCUT2D eigenvalue weighted by atomic mass is 35.5. The van der Waals surface area contributed by atoms with Gasteiger partial charge in [0.1, 0.15) is 18.4 Å². The number of anilines is 1. The lowest BCUT2D eigenvalue weighted by Crippen LogP contribution is -2.16. The Labute approximate surface area is 186 Å². The summed E-state index contributed by atoms with van der Waals surface area (Å²) in [4.78, 5) is 16.5. The molecular weight excluding hydrogens is 440 g/mol. The van der Waals surface area contributed by atoms with Gasteiger partial charge in [0.2, 0.25) is 11.1 Å². The number of carbonyl (C=O) groups excluding carboxylic acids is 1. The number of halogens is 1. The number of aromatic nitrogens is 7. The molecule has 2 aromatic heterocycles. The molecule has 2 heterocycles. The molecule has 158 valence electrons. The lowest BCUT2D eigenvalue weighted by molar-refractivity contribution is -0.113. The number of tetrazole rings is 1. The Hall–Kier alpha value is -3.44. The lowest BCUT2D eigenvalue weighted by atomic mass is 10.2. The summed E-state index contributed by atoms with van der Waals surface area (Å²) in [6.45, 7) is 0.478. The third-order valence-electron chi connectivity index (χ3n) is 4.22. The molecule has 0 bridgehead atoms. The van der Waals surface area contributed by atoms with E-state index in [1.165, 1.54) is 18.1 Å². The minimum atomic E-state index is -0.229. The Morgan fingerprint density at radius 2 is 2.06 bits per heavy atom. The van der Waals surface area contributed by atoms with Crippen LogP contribution in [0.15, 0.2) is 60.3 Å². The second kappa shape index (κ2) is 9.58. The van der Waals surface area contributed by atoms with Crippen LogP contribution >= 0.6 is 23.4 Å². The zero-order valence-electron chi connectivity index (χ0n) is 16.3. The van der Waals surface area contributed by atoms with Crippen molar-refractivity contribution >= 4 is 35.0 Å². The normalized spacial score (nSPS) is 10.8. The maximum atomic E-state index is 12.6. The number of nitrogens with zero attached hydrogens (tertiary/aromatic N) is 7. The number of hydrogen-bond acceptors (Lipinski definition) is 8. The fraction of sp³-hybridized carbons (Fsp3) is 0.158. The molecular formula is C19H17ClN8O2S. The van der Waals surface area contributed by atoms with Crippen LogP contribution in [-0.4, -0.2) is 53.7 Å². The van der Waals surface area contributed by atoms with Gasteiger partial charge in [-0.1, -0.05) is 35.5 Å². The highest BCUT2D eigenvalue weighted by molar-refractivity contribution is 7.99. The van der Waals surface area contributed by atoms with Crippen molar-refractivity contribution < 1.29 is 9.53 Å². The van der Waals surface area contributed by atoms with E-state index in [9.17, 15) is 4.79 Å². The van der Waals surface area contributed by atoms with E-state index >= 15 is 0 Å². The van der Waals surface area contributed by atoms with Crippen molar-refractivity contribution in [1.82, 2.24) is 35.0 Å². The van der Waals surface area contributed by atoms with Crippen molar-refractivity contribution in [2.75, 3.05) is 18.2 Å². The molecule has 12 heteroatoms.